The number of fused-ring (bicyclic) bond motifs is 1. The Morgan fingerprint density at radius 2 is 1.87 bits per heavy atom. The molecule has 4 heterocycles. The van der Waals surface area contributed by atoms with E-state index in [1.807, 2.05) is 18.3 Å². The molecule has 0 unspecified atom stereocenters. The molecule has 3 N–H and O–H groups in total. The van der Waals surface area contributed by atoms with Crippen molar-refractivity contribution in [3.05, 3.63) is 46.7 Å². The lowest BCUT2D eigenvalue weighted by atomic mass is 9.53. The molecule has 0 amide bonds. The van der Waals surface area contributed by atoms with E-state index in [-0.39, 0.29) is 24.0 Å². The summed E-state index contributed by atoms with van der Waals surface area (Å²) >= 11 is 6.59. The number of hydrogen-bond donors (Lipinski definition) is 3. The summed E-state index contributed by atoms with van der Waals surface area (Å²) in [5.74, 6) is 0.603. The third kappa shape index (κ3) is 4.67. The number of ether oxygens (including phenoxy) is 2. The van der Waals surface area contributed by atoms with Gasteiger partial charge in [-0.25, -0.2) is 9.97 Å². The lowest BCUT2D eigenvalue weighted by Gasteiger charge is -2.56. The fourth-order valence-electron chi connectivity index (χ4n) is 6.59. The molecule has 0 bridgehead atoms. The molecule has 2 aliphatic heterocycles. The Labute approximate surface area is 227 Å². The third-order valence-corrected chi connectivity index (χ3v) is 8.81. The number of aliphatic hydroxyl groups is 2. The van der Waals surface area contributed by atoms with Crippen molar-refractivity contribution in [2.45, 2.75) is 69.6 Å². The molecule has 202 valence electrons. The average molecular weight is 539 g/mol. The van der Waals surface area contributed by atoms with Gasteiger partial charge in [0.15, 0.2) is 0 Å². The Balaban J connectivity index is 1.36. The van der Waals surface area contributed by atoms with Crippen molar-refractivity contribution in [1.29, 1.82) is 0 Å². The van der Waals surface area contributed by atoms with Crippen molar-refractivity contribution >= 4 is 28.5 Å². The molecule has 2 saturated heterocycles. The zero-order valence-electron chi connectivity index (χ0n) is 21.9. The minimum Gasteiger partial charge on any atom is -0.389 e. The number of halogens is 1. The topological polar surface area (TPSA) is 110 Å². The highest BCUT2D eigenvalue weighted by molar-refractivity contribution is 6.33. The Hall–Kier alpha value is -2.36. The van der Waals surface area contributed by atoms with E-state index < -0.39 is 11.7 Å². The summed E-state index contributed by atoms with van der Waals surface area (Å²) in [6.45, 7) is 6.74. The number of anilines is 1. The monoisotopic (exact) mass is 538 g/mol. The van der Waals surface area contributed by atoms with Gasteiger partial charge in [-0.3, -0.25) is 4.98 Å². The van der Waals surface area contributed by atoms with Crippen LogP contribution in [0.4, 0.5) is 5.95 Å². The van der Waals surface area contributed by atoms with Crippen molar-refractivity contribution in [3.63, 3.8) is 0 Å². The van der Waals surface area contributed by atoms with E-state index in [9.17, 15) is 10.2 Å². The molecular formula is C29H35ClN4O4. The maximum absolute atomic E-state index is 11.8. The van der Waals surface area contributed by atoms with Gasteiger partial charge >= 0.3 is 0 Å². The highest BCUT2D eigenvalue weighted by atomic mass is 35.5. The molecule has 9 heteroatoms. The van der Waals surface area contributed by atoms with Gasteiger partial charge in [0.25, 0.3) is 0 Å². The van der Waals surface area contributed by atoms with Gasteiger partial charge in [-0.2, -0.15) is 0 Å². The van der Waals surface area contributed by atoms with E-state index in [4.69, 9.17) is 31.0 Å². The lowest BCUT2D eigenvalue weighted by Crippen LogP contribution is -2.52. The summed E-state index contributed by atoms with van der Waals surface area (Å²) in [6.07, 6.45) is 7.02. The van der Waals surface area contributed by atoms with Crippen molar-refractivity contribution < 1.29 is 19.7 Å². The molecule has 38 heavy (non-hydrogen) atoms. The van der Waals surface area contributed by atoms with Gasteiger partial charge in [-0.1, -0.05) is 31.5 Å². The second-order valence-electron chi connectivity index (χ2n) is 11.5. The predicted molar refractivity (Wildman–Crippen MR) is 146 cm³/mol. The molecule has 3 aliphatic rings. The quantitative estimate of drug-likeness (QED) is 0.424. The van der Waals surface area contributed by atoms with Crippen LogP contribution < -0.4 is 5.32 Å². The van der Waals surface area contributed by atoms with E-state index in [1.165, 1.54) is 0 Å². The molecule has 2 aromatic heterocycles. The van der Waals surface area contributed by atoms with Crippen molar-refractivity contribution in [2.24, 2.45) is 5.41 Å². The van der Waals surface area contributed by atoms with E-state index in [2.05, 4.69) is 30.2 Å². The van der Waals surface area contributed by atoms with Gasteiger partial charge in [0.1, 0.15) is 0 Å². The van der Waals surface area contributed by atoms with Crippen molar-refractivity contribution in [1.82, 2.24) is 15.0 Å². The highest BCUT2D eigenvalue weighted by Gasteiger charge is 2.55. The van der Waals surface area contributed by atoms with E-state index >= 15 is 0 Å². The predicted octanol–water partition coefficient (Wildman–Crippen LogP) is 4.81. The summed E-state index contributed by atoms with van der Waals surface area (Å²) in [7, 11) is 0. The number of rotatable bonds is 5. The van der Waals surface area contributed by atoms with Crippen LogP contribution in [-0.4, -0.2) is 63.7 Å². The standard InChI is InChI=1S/C29H35ClN4O4/c1-17(2)25-19-11-18(26-21(30)13-32-27(34-26)33-23-5-8-38-14-24(23)35)3-4-22(19)31-12-20(25)29(36)15-28(16-29)6-9-37-10-7-28/h3-4,11-13,17,23-24,35-36H,5-10,14-16H2,1-2H3,(H,32,33,34)/t23-,24-/m1/s1. The first-order chi connectivity index (χ1) is 18.3. The molecule has 3 fully saturated rings. The Morgan fingerprint density at radius 1 is 1.08 bits per heavy atom. The first-order valence-corrected chi connectivity index (χ1v) is 13.9. The van der Waals surface area contributed by atoms with Gasteiger partial charge in [-0.15, -0.1) is 0 Å². The summed E-state index contributed by atoms with van der Waals surface area (Å²) in [5, 5.41) is 26.7. The molecule has 2 atom stereocenters. The maximum atomic E-state index is 11.8. The molecule has 8 nitrogen and oxygen atoms in total. The SMILES string of the molecule is CC(C)c1c(C2(O)CC3(CCOCC3)C2)cnc2ccc(-c3nc(N[C@@H]4CCOC[C@H]4O)ncc3Cl)cc12. The van der Waals surface area contributed by atoms with Crippen LogP contribution in [0.3, 0.4) is 0 Å². The number of aliphatic hydroxyl groups excluding tert-OH is 1. The third-order valence-electron chi connectivity index (χ3n) is 8.53. The van der Waals surface area contributed by atoms with Crippen LogP contribution in [0.5, 0.6) is 0 Å². The zero-order chi connectivity index (χ0) is 26.5. The zero-order valence-corrected chi connectivity index (χ0v) is 22.7. The van der Waals surface area contributed by atoms with Gasteiger partial charge in [0.2, 0.25) is 5.95 Å². The number of hydrogen-bond acceptors (Lipinski definition) is 8. The Kier molecular flexibility index (Phi) is 6.81. The van der Waals surface area contributed by atoms with Crippen LogP contribution in [0.25, 0.3) is 22.2 Å². The van der Waals surface area contributed by atoms with Gasteiger partial charge in [-0.05, 0) is 61.1 Å². The fraction of sp³-hybridized carbons (Fsp3) is 0.552. The second kappa shape index (κ2) is 9.99. The molecule has 3 aromatic rings. The van der Waals surface area contributed by atoms with E-state index in [1.54, 1.807) is 6.20 Å². The smallest absolute Gasteiger partial charge is 0.223 e. The number of benzene rings is 1. The van der Waals surface area contributed by atoms with Crippen LogP contribution in [0.15, 0.2) is 30.6 Å². The minimum atomic E-state index is -0.873. The molecule has 6 rings (SSSR count). The number of nitrogens with zero attached hydrogens (tertiary/aromatic N) is 3. The summed E-state index contributed by atoms with van der Waals surface area (Å²) in [4.78, 5) is 13.8. The number of pyridine rings is 1. The van der Waals surface area contributed by atoms with E-state index in [0.29, 0.717) is 29.7 Å². The molecular weight excluding hydrogens is 504 g/mol. The maximum Gasteiger partial charge on any atom is 0.223 e. The van der Waals surface area contributed by atoms with Crippen LogP contribution in [-0.2, 0) is 15.1 Å². The Morgan fingerprint density at radius 3 is 2.61 bits per heavy atom. The molecule has 1 aliphatic carbocycles. The van der Waals surface area contributed by atoms with Crippen LogP contribution in [0.1, 0.15) is 63.0 Å². The summed E-state index contributed by atoms with van der Waals surface area (Å²) < 4.78 is 10.9. The van der Waals surface area contributed by atoms with Crippen LogP contribution in [0, 0.1) is 5.41 Å². The average Bonchev–Trinajstić information content (AvgIpc) is 2.89. The summed E-state index contributed by atoms with van der Waals surface area (Å²) in [5.41, 5.74) is 3.68. The fourth-order valence-corrected chi connectivity index (χ4v) is 6.79. The first kappa shape index (κ1) is 25.9. The second-order valence-corrected chi connectivity index (χ2v) is 11.9. The molecule has 0 radical (unpaired) electrons. The van der Waals surface area contributed by atoms with Crippen LogP contribution in [0.2, 0.25) is 5.02 Å². The minimum absolute atomic E-state index is 0.175. The van der Waals surface area contributed by atoms with Crippen molar-refractivity contribution in [3.8, 4) is 11.3 Å². The number of aromatic nitrogens is 3. The van der Waals surface area contributed by atoms with Gasteiger partial charge in [0.05, 0.1) is 46.8 Å². The normalized spacial score (nSPS) is 24.5. The molecule has 1 saturated carbocycles. The molecule has 1 spiro atoms. The summed E-state index contributed by atoms with van der Waals surface area (Å²) in [6, 6.07) is 5.85. The largest absolute Gasteiger partial charge is 0.389 e. The highest BCUT2D eigenvalue weighted by Crippen LogP contribution is 2.60. The van der Waals surface area contributed by atoms with Crippen molar-refractivity contribution in [2.75, 3.05) is 31.7 Å². The van der Waals surface area contributed by atoms with Crippen LogP contribution >= 0.6 is 11.6 Å². The number of nitrogens with one attached hydrogen (secondary N) is 1. The molecule has 1 aromatic carbocycles. The first-order valence-electron chi connectivity index (χ1n) is 13.6. The lowest BCUT2D eigenvalue weighted by molar-refractivity contribution is -0.169. The van der Waals surface area contributed by atoms with Gasteiger partial charge in [0, 0.05) is 42.5 Å². The van der Waals surface area contributed by atoms with E-state index in [0.717, 1.165) is 66.5 Å². The Bertz CT molecular complexity index is 1340. The van der Waals surface area contributed by atoms with Gasteiger partial charge < -0.3 is 25.0 Å².